The number of aliphatic hydroxyl groups is 1. The molecule has 0 amide bonds. The van der Waals surface area contributed by atoms with Gasteiger partial charge in [0.05, 0.1) is 13.2 Å². The highest BCUT2D eigenvalue weighted by atomic mass is 16.5. The Labute approximate surface area is 124 Å². The molecule has 6 nitrogen and oxygen atoms in total. The maximum absolute atomic E-state index is 9.44. The van der Waals surface area contributed by atoms with Gasteiger partial charge in [-0.3, -0.25) is 0 Å². The fraction of sp³-hybridized carbons (Fsp3) is 0.467. The Morgan fingerprint density at radius 1 is 1.29 bits per heavy atom. The molecule has 0 aliphatic carbocycles. The van der Waals surface area contributed by atoms with Crippen LogP contribution in [0.2, 0.25) is 0 Å². The molecule has 114 valence electrons. The number of hydrogen-bond donors (Lipinski definition) is 1. The van der Waals surface area contributed by atoms with Crippen LogP contribution in [-0.2, 0) is 13.2 Å². The van der Waals surface area contributed by atoms with Crippen molar-refractivity contribution in [3.05, 3.63) is 35.9 Å². The van der Waals surface area contributed by atoms with Crippen molar-refractivity contribution in [2.24, 2.45) is 0 Å². The number of para-hydroxylation sites is 1. The largest absolute Gasteiger partial charge is 0.490 e. The van der Waals surface area contributed by atoms with Crippen molar-refractivity contribution < 1.29 is 14.6 Å². The van der Waals surface area contributed by atoms with E-state index in [9.17, 15) is 5.11 Å². The van der Waals surface area contributed by atoms with Crippen LogP contribution in [0, 0.1) is 0 Å². The van der Waals surface area contributed by atoms with Gasteiger partial charge in [0.2, 0.25) is 0 Å². The summed E-state index contributed by atoms with van der Waals surface area (Å²) in [5.74, 6) is 1.92. The second-order valence-electron chi connectivity index (χ2n) is 4.84. The topological polar surface area (TPSA) is 69.4 Å². The molecule has 2 aromatic rings. The molecule has 0 spiro atoms. The minimum Gasteiger partial charge on any atom is -0.490 e. The average Bonchev–Trinajstić information content (AvgIpc) is 2.94. The van der Waals surface area contributed by atoms with Gasteiger partial charge in [0, 0.05) is 11.6 Å². The molecule has 0 radical (unpaired) electrons. The Morgan fingerprint density at radius 3 is 2.76 bits per heavy atom. The van der Waals surface area contributed by atoms with Crippen LogP contribution in [0.5, 0.6) is 11.5 Å². The van der Waals surface area contributed by atoms with Crippen LogP contribution in [0.1, 0.15) is 38.2 Å². The predicted molar refractivity (Wildman–Crippen MR) is 78.3 cm³/mol. The van der Waals surface area contributed by atoms with E-state index in [0.29, 0.717) is 23.7 Å². The van der Waals surface area contributed by atoms with E-state index >= 15 is 0 Å². The van der Waals surface area contributed by atoms with Crippen molar-refractivity contribution in [3.8, 4) is 11.5 Å². The van der Waals surface area contributed by atoms with Crippen LogP contribution >= 0.6 is 0 Å². The van der Waals surface area contributed by atoms with Gasteiger partial charge in [-0.1, -0.05) is 12.1 Å². The molecule has 0 saturated heterocycles. The van der Waals surface area contributed by atoms with Gasteiger partial charge in [0.25, 0.3) is 0 Å². The van der Waals surface area contributed by atoms with E-state index in [0.717, 1.165) is 5.82 Å². The lowest BCUT2D eigenvalue weighted by atomic mass is 10.2. The van der Waals surface area contributed by atoms with Crippen LogP contribution in [-0.4, -0.2) is 26.5 Å². The molecular weight excluding hydrogens is 270 g/mol. The Bertz CT molecular complexity index is 581. The number of aromatic nitrogens is 3. The third kappa shape index (κ3) is 3.52. The zero-order chi connectivity index (χ0) is 15.2. The van der Waals surface area contributed by atoms with Crippen molar-refractivity contribution in [1.29, 1.82) is 0 Å². The number of rotatable bonds is 7. The third-order valence-electron chi connectivity index (χ3n) is 3.01. The van der Waals surface area contributed by atoms with Crippen molar-refractivity contribution >= 4 is 0 Å². The molecule has 6 heteroatoms. The predicted octanol–water partition coefficient (Wildman–Crippen LogP) is 2.33. The van der Waals surface area contributed by atoms with Gasteiger partial charge >= 0.3 is 0 Å². The number of benzene rings is 1. The van der Waals surface area contributed by atoms with Gasteiger partial charge < -0.3 is 14.6 Å². The normalized spacial score (nSPS) is 10.9. The summed E-state index contributed by atoms with van der Waals surface area (Å²) in [7, 11) is 0. The zero-order valence-corrected chi connectivity index (χ0v) is 12.6. The average molecular weight is 291 g/mol. The standard InChI is InChI=1S/C15H21N3O3/c1-4-20-13-7-5-6-12(8-19)15(13)21-9-14-16-10-17-18(14)11(2)3/h5-7,10-11,19H,4,8-9H2,1-3H3. The molecule has 0 aliphatic heterocycles. The minimum absolute atomic E-state index is 0.104. The number of ether oxygens (including phenoxy) is 2. The van der Waals surface area contributed by atoms with Gasteiger partial charge in [-0.2, -0.15) is 5.10 Å². The fourth-order valence-electron chi connectivity index (χ4n) is 2.06. The first-order chi connectivity index (χ1) is 10.2. The number of nitrogens with zero attached hydrogens (tertiary/aromatic N) is 3. The molecule has 0 bridgehead atoms. The molecule has 1 aromatic heterocycles. The molecule has 1 heterocycles. The molecule has 2 rings (SSSR count). The van der Waals surface area contributed by atoms with E-state index < -0.39 is 0 Å². The van der Waals surface area contributed by atoms with Crippen LogP contribution in [0.15, 0.2) is 24.5 Å². The smallest absolute Gasteiger partial charge is 0.167 e. The van der Waals surface area contributed by atoms with E-state index in [2.05, 4.69) is 10.1 Å². The van der Waals surface area contributed by atoms with E-state index in [1.165, 1.54) is 6.33 Å². The monoisotopic (exact) mass is 291 g/mol. The highest BCUT2D eigenvalue weighted by molar-refractivity contribution is 5.46. The first kappa shape index (κ1) is 15.3. The Kier molecular flexibility index (Phi) is 5.16. The Morgan fingerprint density at radius 2 is 2.10 bits per heavy atom. The molecule has 0 unspecified atom stereocenters. The lowest BCUT2D eigenvalue weighted by Gasteiger charge is -2.15. The van der Waals surface area contributed by atoms with Crippen LogP contribution < -0.4 is 9.47 Å². The Hall–Kier alpha value is -2.08. The summed E-state index contributed by atoms with van der Waals surface area (Å²) < 4.78 is 13.2. The summed E-state index contributed by atoms with van der Waals surface area (Å²) in [6, 6.07) is 5.68. The second-order valence-corrected chi connectivity index (χ2v) is 4.84. The molecule has 1 N–H and O–H groups in total. The zero-order valence-electron chi connectivity index (χ0n) is 12.6. The second kappa shape index (κ2) is 7.08. The Balaban J connectivity index is 2.20. The van der Waals surface area contributed by atoms with Crippen LogP contribution in [0.25, 0.3) is 0 Å². The van der Waals surface area contributed by atoms with Crippen molar-refractivity contribution in [2.75, 3.05) is 6.61 Å². The van der Waals surface area contributed by atoms with Crippen molar-refractivity contribution in [2.45, 2.75) is 40.0 Å². The number of hydrogen-bond acceptors (Lipinski definition) is 5. The summed E-state index contributed by atoms with van der Waals surface area (Å²) >= 11 is 0. The third-order valence-corrected chi connectivity index (χ3v) is 3.01. The molecule has 21 heavy (non-hydrogen) atoms. The molecule has 0 saturated carbocycles. The summed E-state index contributed by atoms with van der Waals surface area (Å²) in [4.78, 5) is 4.21. The fourth-order valence-corrected chi connectivity index (χ4v) is 2.06. The summed E-state index contributed by atoms with van der Waals surface area (Å²) in [5.41, 5.74) is 0.691. The van der Waals surface area contributed by atoms with Gasteiger partial charge in [-0.15, -0.1) is 0 Å². The van der Waals surface area contributed by atoms with Crippen LogP contribution in [0.3, 0.4) is 0 Å². The lowest BCUT2D eigenvalue weighted by Crippen LogP contribution is -2.11. The summed E-state index contributed by atoms with van der Waals surface area (Å²) in [6.07, 6.45) is 1.51. The van der Waals surface area contributed by atoms with E-state index in [1.807, 2.05) is 43.7 Å². The molecule has 0 fully saturated rings. The first-order valence-corrected chi connectivity index (χ1v) is 7.04. The lowest BCUT2D eigenvalue weighted by molar-refractivity contribution is 0.235. The van der Waals surface area contributed by atoms with E-state index in [1.54, 1.807) is 0 Å². The highest BCUT2D eigenvalue weighted by Gasteiger charge is 2.13. The van der Waals surface area contributed by atoms with Crippen molar-refractivity contribution in [3.63, 3.8) is 0 Å². The SMILES string of the molecule is CCOc1cccc(CO)c1OCc1ncnn1C(C)C. The van der Waals surface area contributed by atoms with Gasteiger partial charge in [0.1, 0.15) is 12.9 Å². The first-order valence-electron chi connectivity index (χ1n) is 7.04. The van der Waals surface area contributed by atoms with Crippen LogP contribution in [0.4, 0.5) is 0 Å². The maximum atomic E-state index is 9.44. The summed E-state index contributed by atoms with van der Waals surface area (Å²) in [6.45, 7) is 6.68. The van der Waals surface area contributed by atoms with Crippen molar-refractivity contribution in [1.82, 2.24) is 14.8 Å². The van der Waals surface area contributed by atoms with Gasteiger partial charge in [0.15, 0.2) is 17.3 Å². The minimum atomic E-state index is -0.104. The highest BCUT2D eigenvalue weighted by Crippen LogP contribution is 2.32. The van der Waals surface area contributed by atoms with Gasteiger partial charge in [-0.25, -0.2) is 9.67 Å². The molecular formula is C15H21N3O3. The molecule has 0 atom stereocenters. The number of aliphatic hydroxyl groups excluding tert-OH is 1. The molecule has 1 aromatic carbocycles. The molecule has 0 aliphatic rings. The maximum Gasteiger partial charge on any atom is 0.167 e. The summed E-state index contributed by atoms with van der Waals surface area (Å²) in [5, 5.41) is 13.6. The van der Waals surface area contributed by atoms with Gasteiger partial charge in [-0.05, 0) is 26.8 Å². The quantitative estimate of drug-likeness (QED) is 0.848. The van der Waals surface area contributed by atoms with E-state index in [-0.39, 0.29) is 19.3 Å². The van der Waals surface area contributed by atoms with E-state index in [4.69, 9.17) is 9.47 Å².